The summed E-state index contributed by atoms with van der Waals surface area (Å²) in [7, 11) is 0. The van der Waals surface area contributed by atoms with Crippen LogP contribution in [0.15, 0.2) is 48.8 Å². The summed E-state index contributed by atoms with van der Waals surface area (Å²) < 4.78 is 5.90. The van der Waals surface area contributed by atoms with Gasteiger partial charge in [-0.2, -0.15) is 0 Å². The maximum Gasteiger partial charge on any atom is 0.257 e. The zero-order chi connectivity index (χ0) is 14.5. The molecule has 1 aliphatic carbocycles. The molecule has 4 heteroatoms. The zero-order valence-corrected chi connectivity index (χ0v) is 11.8. The van der Waals surface area contributed by atoms with Crippen LogP contribution in [0, 0.1) is 0 Å². The number of nitrogens with zero attached hydrogens (tertiary/aromatic N) is 1. The van der Waals surface area contributed by atoms with Crippen LogP contribution < -0.4 is 10.1 Å². The minimum Gasteiger partial charge on any atom is -0.490 e. The monoisotopic (exact) mass is 282 g/mol. The second kappa shape index (κ2) is 6.39. The van der Waals surface area contributed by atoms with Gasteiger partial charge in [0.15, 0.2) is 0 Å². The molecule has 1 aromatic heterocycles. The number of nitrogens with one attached hydrogen (secondary N) is 1. The third kappa shape index (κ3) is 3.60. The lowest BCUT2D eigenvalue weighted by Gasteiger charge is -2.13. The van der Waals surface area contributed by atoms with Crippen LogP contribution >= 0.6 is 0 Å². The molecule has 1 heterocycles. The summed E-state index contributed by atoms with van der Waals surface area (Å²) in [4.78, 5) is 15.9. The largest absolute Gasteiger partial charge is 0.490 e. The second-order valence-electron chi connectivity index (χ2n) is 5.24. The number of carbonyl (C=O) groups is 1. The molecule has 0 spiro atoms. The molecule has 1 aliphatic rings. The van der Waals surface area contributed by atoms with Crippen molar-refractivity contribution in [3.05, 3.63) is 54.4 Å². The van der Waals surface area contributed by atoms with Crippen LogP contribution in [0.25, 0.3) is 0 Å². The van der Waals surface area contributed by atoms with Crippen LogP contribution in [0.1, 0.15) is 36.0 Å². The molecule has 21 heavy (non-hydrogen) atoms. The minimum atomic E-state index is -0.160. The third-order valence-electron chi connectivity index (χ3n) is 3.64. The van der Waals surface area contributed by atoms with Gasteiger partial charge in [0.1, 0.15) is 5.75 Å². The first-order valence-corrected chi connectivity index (χ1v) is 7.29. The van der Waals surface area contributed by atoms with E-state index < -0.39 is 0 Å². The summed E-state index contributed by atoms with van der Waals surface area (Å²) in [5.74, 6) is 0.703. The molecule has 4 nitrogen and oxygen atoms in total. The Morgan fingerprint density at radius 2 is 1.90 bits per heavy atom. The average Bonchev–Trinajstić information content (AvgIpc) is 3.03. The van der Waals surface area contributed by atoms with Gasteiger partial charge in [-0.25, -0.2) is 0 Å². The maximum absolute atomic E-state index is 12.0. The summed E-state index contributed by atoms with van der Waals surface area (Å²) >= 11 is 0. The van der Waals surface area contributed by atoms with E-state index >= 15 is 0 Å². The van der Waals surface area contributed by atoms with Crippen LogP contribution in [-0.2, 0) is 0 Å². The molecule has 2 aromatic rings. The Hall–Kier alpha value is -2.36. The van der Waals surface area contributed by atoms with E-state index in [4.69, 9.17) is 4.74 Å². The number of ether oxygens (including phenoxy) is 1. The topological polar surface area (TPSA) is 51.2 Å². The molecule has 0 atom stereocenters. The molecule has 0 aliphatic heterocycles. The van der Waals surface area contributed by atoms with Crippen LogP contribution in [0.2, 0.25) is 0 Å². The molecule has 3 rings (SSSR count). The zero-order valence-electron chi connectivity index (χ0n) is 11.8. The van der Waals surface area contributed by atoms with Gasteiger partial charge in [0.25, 0.3) is 5.91 Å². The van der Waals surface area contributed by atoms with Gasteiger partial charge in [0.05, 0.1) is 11.7 Å². The number of pyridine rings is 1. The summed E-state index contributed by atoms with van der Waals surface area (Å²) in [5.41, 5.74) is 1.30. The Kier molecular flexibility index (Phi) is 4.15. The van der Waals surface area contributed by atoms with Crippen molar-refractivity contribution < 1.29 is 9.53 Å². The van der Waals surface area contributed by atoms with Gasteiger partial charge in [-0.1, -0.05) is 0 Å². The van der Waals surface area contributed by atoms with Gasteiger partial charge < -0.3 is 10.1 Å². The van der Waals surface area contributed by atoms with Crippen LogP contribution in [0.3, 0.4) is 0 Å². The van der Waals surface area contributed by atoms with Crippen molar-refractivity contribution in [3.63, 3.8) is 0 Å². The lowest BCUT2D eigenvalue weighted by molar-refractivity contribution is 0.102. The Labute approximate surface area is 124 Å². The Bertz CT molecular complexity index is 590. The number of hydrogen-bond acceptors (Lipinski definition) is 3. The van der Waals surface area contributed by atoms with Gasteiger partial charge in [-0.05, 0) is 62.1 Å². The number of anilines is 1. The van der Waals surface area contributed by atoms with Crippen LogP contribution in [-0.4, -0.2) is 17.0 Å². The molecule has 0 bridgehead atoms. The molecule has 1 fully saturated rings. The molecular weight excluding hydrogens is 264 g/mol. The van der Waals surface area contributed by atoms with Crippen molar-refractivity contribution in [1.82, 2.24) is 4.98 Å². The fraction of sp³-hybridized carbons (Fsp3) is 0.294. The first-order chi connectivity index (χ1) is 10.3. The highest BCUT2D eigenvalue weighted by Gasteiger charge is 2.16. The van der Waals surface area contributed by atoms with Crippen LogP contribution in [0.5, 0.6) is 5.75 Å². The highest BCUT2D eigenvalue weighted by Crippen LogP contribution is 2.25. The van der Waals surface area contributed by atoms with Gasteiger partial charge in [0.2, 0.25) is 0 Å². The Morgan fingerprint density at radius 3 is 2.57 bits per heavy atom. The standard InChI is InChI=1S/C17H18N2O2/c20-17(13-4-3-11-18-12-13)19-14-7-9-16(10-8-14)21-15-5-1-2-6-15/h3-4,7-12,15H,1-2,5-6H2,(H,19,20). The normalized spacial score (nSPS) is 14.9. The number of hydrogen-bond donors (Lipinski definition) is 1. The van der Waals surface area contributed by atoms with Crippen molar-refractivity contribution in [2.75, 3.05) is 5.32 Å². The van der Waals surface area contributed by atoms with Gasteiger partial charge in [0, 0.05) is 18.1 Å². The van der Waals surface area contributed by atoms with E-state index in [9.17, 15) is 4.79 Å². The Balaban J connectivity index is 1.60. The number of rotatable bonds is 4. The van der Waals surface area contributed by atoms with Gasteiger partial charge >= 0.3 is 0 Å². The molecule has 0 radical (unpaired) electrons. The second-order valence-corrected chi connectivity index (χ2v) is 5.24. The van der Waals surface area contributed by atoms with E-state index in [2.05, 4.69) is 10.3 Å². The molecule has 108 valence electrons. The Morgan fingerprint density at radius 1 is 1.14 bits per heavy atom. The van der Waals surface area contributed by atoms with Crippen molar-refractivity contribution in [2.24, 2.45) is 0 Å². The molecule has 1 aromatic carbocycles. The lowest BCUT2D eigenvalue weighted by atomic mass is 10.2. The number of amides is 1. The van der Waals surface area contributed by atoms with Crippen molar-refractivity contribution in [3.8, 4) is 5.75 Å². The van der Waals surface area contributed by atoms with Gasteiger partial charge in [-0.3, -0.25) is 9.78 Å². The SMILES string of the molecule is O=C(Nc1ccc(OC2CCCC2)cc1)c1cccnc1. The molecule has 1 N–H and O–H groups in total. The maximum atomic E-state index is 12.0. The first-order valence-electron chi connectivity index (χ1n) is 7.29. The third-order valence-corrected chi connectivity index (χ3v) is 3.64. The highest BCUT2D eigenvalue weighted by atomic mass is 16.5. The number of benzene rings is 1. The van der Waals surface area contributed by atoms with Crippen molar-refractivity contribution in [1.29, 1.82) is 0 Å². The molecule has 0 unspecified atom stereocenters. The summed E-state index contributed by atoms with van der Waals surface area (Å²) in [5, 5.41) is 2.84. The number of aromatic nitrogens is 1. The van der Waals surface area contributed by atoms with E-state index in [0.717, 1.165) is 24.3 Å². The average molecular weight is 282 g/mol. The fourth-order valence-corrected chi connectivity index (χ4v) is 2.52. The van der Waals surface area contributed by atoms with E-state index in [1.165, 1.54) is 12.8 Å². The van der Waals surface area contributed by atoms with E-state index in [1.54, 1.807) is 24.5 Å². The van der Waals surface area contributed by atoms with Crippen molar-refractivity contribution in [2.45, 2.75) is 31.8 Å². The fourth-order valence-electron chi connectivity index (χ4n) is 2.52. The van der Waals surface area contributed by atoms with E-state index in [-0.39, 0.29) is 5.91 Å². The van der Waals surface area contributed by atoms with E-state index in [1.807, 2.05) is 24.3 Å². The first kappa shape index (κ1) is 13.6. The predicted molar refractivity (Wildman–Crippen MR) is 81.5 cm³/mol. The lowest BCUT2D eigenvalue weighted by Crippen LogP contribution is -2.12. The van der Waals surface area contributed by atoms with Crippen LogP contribution in [0.4, 0.5) is 5.69 Å². The van der Waals surface area contributed by atoms with Gasteiger partial charge in [-0.15, -0.1) is 0 Å². The predicted octanol–water partition coefficient (Wildman–Crippen LogP) is 3.66. The molecule has 1 saturated carbocycles. The summed E-state index contributed by atoms with van der Waals surface area (Å²) in [6.45, 7) is 0. The smallest absolute Gasteiger partial charge is 0.257 e. The van der Waals surface area contributed by atoms with E-state index in [0.29, 0.717) is 11.7 Å². The molecular formula is C17H18N2O2. The molecule has 1 amide bonds. The number of carbonyl (C=O) groups excluding carboxylic acids is 1. The highest BCUT2D eigenvalue weighted by molar-refractivity contribution is 6.04. The quantitative estimate of drug-likeness (QED) is 0.931. The minimum absolute atomic E-state index is 0.160. The summed E-state index contributed by atoms with van der Waals surface area (Å²) in [6, 6.07) is 11.0. The van der Waals surface area contributed by atoms with Crippen molar-refractivity contribution >= 4 is 11.6 Å². The molecule has 0 saturated heterocycles. The summed E-state index contributed by atoms with van der Waals surface area (Å²) in [6.07, 6.45) is 8.33.